The van der Waals surface area contributed by atoms with Crippen LogP contribution in [0.3, 0.4) is 0 Å². The number of thiophene rings is 1. The zero-order valence-electron chi connectivity index (χ0n) is 11.8. The second-order valence-electron chi connectivity index (χ2n) is 5.25. The minimum Gasteiger partial charge on any atom is -0.374 e. The summed E-state index contributed by atoms with van der Waals surface area (Å²) in [4.78, 5) is 5.15. The average Bonchev–Trinajstić information content (AvgIpc) is 2.66. The van der Waals surface area contributed by atoms with Crippen LogP contribution in [0.2, 0.25) is 0 Å². The van der Waals surface area contributed by atoms with Crippen molar-refractivity contribution in [1.82, 2.24) is 10.2 Å². The highest BCUT2D eigenvalue weighted by Gasteiger charge is 2.19. The minimum absolute atomic E-state index is 0.325. The molecule has 2 heterocycles. The van der Waals surface area contributed by atoms with E-state index in [9.17, 15) is 0 Å². The number of likely N-dealkylation sites (N-methyl/N-ethyl adjacent to an activating group) is 1. The van der Waals surface area contributed by atoms with Crippen molar-refractivity contribution >= 4 is 11.3 Å². The van der Waals surface area contributed by atoms with Crippen LogP contribution in [0.1, 0.15) is 28.3 Å². The van der Waals surface area contributed by atoms with E-state index in [1.807, 2.05) is 11.3 Å². The van der Waals surface area contributed by atoms with Gasteiger partial charge in [0.2, 0.25) is 0 Å². The zero-order valence-corrected chi connectivity index (χ0v) is 12.6. The van der Waals surface area contributed by atoms with Crippen LogP contribution in [0.4, 0.5) is 0 Å². The summed E-state index contributed by atoms with van der Waals surface area (Å²) in [5, 5.41) is 3.60. The summed E-state index contributed by atoms with van der Waals surface area (Å²) in [6, 6.07) is 2.71. The van der Waals surface area contributed by atoms with Gasteiger partial charge in [-0.2, -0.15) is 0 Å². The lowest BCUT2D eigenvalue weighted by atomic mass is 10.1. The highest BCUT2D eigenvalue weighted by Crippen LogP contribution is 2.26. The summed E-state index contributed by atoms with van der Waals surface area (Å²) in [5.41, 5.74) is 1.43. The van der Waals surface area contributed by atoms with E-state index in [0.29, 0.717) is 12.1 Å². The highest BCUT2D eigenvalue weighted by atomic mass is 32.1. The number of rotatable bonds is 4. The molecule has 1 aromatic heterocycles. The predicted molar refractivity (Wildman–Crippen MR) is 77.4 cm³/mol. The zero-order chi connectivity index (χ0) is 13.1. The van der Waals surface area contributed by atoms with Crippen molar-refractivity contribution in [2.45, 2.75) is 32.9 Å². The topological polar surface area (TPSA) is 24.5 Å². The third kappa shape index (κ3) is 3.54. The maximum absolute atomic E-state index is 5.77. The Morgan fingerprint density at radius 1 is 1.56 bits per heavy atom. The van der Waals surface area contributed by atoms with Crippen LogP contribution in [0.15, 0.2) is 6.07 Å². The van der Waals surface area contributed by atoms with Gasteiger partial charge in [0.1, 0.15) is 0 Å². The molecule has 3 nitrogen and oxygen atoms in total. The molecule has 102 valence electrons. The molecule has 18 heavy (non-hydrogen) atoms. The molecule has 2 rings (SSSR count). The SMILES string of the molecule is Cc1cc(C(C)NCC2CN(C)CCO2)c(C)s1. The van der Waals surface area contributed by atoms with Crippen LogP contribution in [0.5, 0.6) is 0 Å². The van der Waals surface area contributed by atoms with Crippen molar-refractivity contribution in [2.24, 2.45) is 0 Å². The molecule has 1 aromatic rings. The molecule has 2 unspecified atom stereocenters. The Hall–Kier alpha value is -0.420. The third-order valence-electron chi connectivity index (χ3n) is 3.54. The van der Waals surface area contributed by atoms with E-state index in [1.54, 1.807) is 0 Å². The molecule has 1 aliphatic heterocycles. The summed E-state index contributed by atoms with van der Waals surface area (Å²) in [6.07, 6.45) is 0.325. The summed E-state index contributed by atoms with van der Waals surface area (Å²) in [7, 11) is 2.16. The Labute approximate surface area is 114 Å². The van der Waals surface area contributed by atoms with Crippen molar-refractivity contribution < 1.29 is 4.74 Å². The van der Waals surface area contributed by atoms with E-state index < -0.39 is 0 Å². The van der Waals surface area contributed by atoms with Gasteiger partial charge >= 0.3 is 0 Å². The smallest absolute Gasteiger partial charge is 0.0826 e. The van der Waals surface area contributed by atoms with Gasteiger partial charge in [0.25, 0.3) is 0 Å². The van der Waals surface area contributed by atoms with E-state index in [2.05, 4.69) is 44.1 Å². The van der Waals surface area contributed by atoms with Gasteiger partial charge in [0.15, 0.2) is 0 Å². The molecule has 0 saturated carbocycles. The minimum atomic E-state index is 0.325. The molecule has 1 fully saturated rings. The van der Waals surface area contributed by atoms with Crippen LogP contribution in [0.25, 0.3) is 0 Å². The lowest BCUT2D eigenvalue weighted by Gasteiger charge is -2.31. The number of hydrogen-bond acceptors (Lipinski definition) is 4. The van der Waals surface area contributed by atoms with Gasteiger partial charge in [-0.15, -0.1) is 11.3 Å². The van der Waals surface area contributed by atoms with Gasteiger partial charge in [-0.1, -0.05) is 0 Å². The first kappa shape index (κ1) is 14.0. The quantitative estimate of drug-likeness (QED) is 0.907. The number of morpholine rings is 1. The molecule has 4 heteroatoms. The largest absolute Gasteiger partial charge is 0.374 e. The van der Waals surface area contributed by atoms with Crippen molar-refractivity contribution in [1.29, 1.82) is 0 Å². The van der Waals surface area contributed by atoms with Crippen LogP contribution in [0, 0.1) is 13.8 Å². The lowest BCUT2D eigenvalue weighted by molar-refractivity contribution is -0.0190. The summed E-state index contributed by atoms with van der Waals surface area (Å²) >= 11 is 1.88. The van der Waals surface area contributed by atoms with Crippen molar-refractivity contribution in [2.75, 3.05) is 33.3 Å². The third-order valence-corrected chi connectivity index (χ3v) is 4.52. The number of ether oxygens (including phenoxy) is 1. The predicted octanol–water partition coefficient (Wildman–Crippen LogP) is 2.35. The summed E-state index contributed by atoms with van der Waals surface area (Å²) in [5.74, 6) is 0. The number of nitrogens with one attached hydrogen (secondary N) is 1. The van der Waals surface area contributed by atoms with E-state index in [0.717, 1.165) is 26.2 Å². The molecule has 1 saturated heterocycles. The molecule has 2 atom stereocenters. The Kier molecular flexibility index (Phi) is 4.78. The van der Waals surface area contributed by atoms with Gasteiger partial charge in [-0.25, -0.2) is 0 Å². The molecular formula is C14H24N2OS. The van der Waals surface area contributed by atoms with Gasteiger partial charge < -0.3 is 15.0 Å². The molecule has 1 aliphatic rings. The number of nitrogens with zero attached hydrogens (tertiary/aromatic N) is 1. The average molecular weight is 268 g/mol. The first-order valence-corrected chi connectivity index (χ1v) is 7.48. The highest BCUT2D eigenvalue weighted by molar-refractivity contribution is 7.12. The summed E-state index contributed by atoms with van der Waals surface area (Å²) in [6.45, 7) is 10.5. The van der Waals surface area contributed by atoms with Crippen molar-refractivity contribution in [3.63, 3.8) is 0 Å². The fraction of sp³-hybridized carbons (Fsp3) is 0.714. The maximum Gasteiger partial charge on any atom is 0.0826 e. The first-order chi connectivity index (χ1) is 8.56. The fourth-order valence-electron chi connectivity index (χ4n) is 2.49. The number of hydrogen-bond donors (Lipinski definition) is 1. The van der Waals surface area contributed by atoms with E-state index >= 15 is 0 Å². The van der Waals surface area contributed by atoms with Gasteiger partial charge in [0.05, 0.1) is 12.7 Å². The molecule has 0 aliphatic carbocycles. The molecule has 1 N–H and O–H groups in total. The normalized spacial score (nSPS) is 23.2. The van der Waals surface area contributed by atoms with Gasteiger partial charge in [-0.05, 0) is 39.4 Å². The van der Waals surface area contributed by atoms with Gasteiger partial charge in [-0.3, -0.25) is 0 Å². The Bertz CT molecular complexity index is 391. The molecule has 0 spiro atoms. The van der Waals surface area contributed by atoms with E-state index in [4.69, 9.17) is 4.74 Å². The van der Waals surface area contributed by atoms with Crippen LogP contribution < -0.4 is 5.32 Å². The van der Waals surface area contributed by atoms with Crippen molar-refractivity contribution in [3.05, 3.63) is 21.4 Å². The second kappa shape index (κ2) is 6.15. The molecule has 0 radical (unpaired) electrons. The summed E-state index contributed by atoms with van der Waals surface area (Å²) < 4.78 is 5.77. The van der Waals surface area contributed by atoms with Gasteiger partial charge in [0, 0.05) is 35.4 Å². The lowest BCUT2D eigenvalue weighted by Crippen LogP contribution is -2.45. The van der Waals surface area contributed by atoms with Crippen LogP contribution in [-0.2, 0) is 4.74 Å². The molecular weight excluding hydrogens is 244 g/mol. The Morgan fingerprint density at radius 2 is 2.33 bits per heavy atom. The Balaban J connectivity index is 1.84. The van der Waals surface area contributed by atoms with Crippen LogP contribution in [-0.4, -0.2) is 44.3 Å². The number of aryl methyl sites for hydroxylation is 2. The monoisotopic (exact) mass is 268 g/mol. The fourth-order valence-corrected chi connectivity index (χ4v) is 3.51. The molecule has 0 amide bonds. The standard InChI is InChI=1S/C14H24N2OS/c1-10-7-14(12(3)18-10)11(2)15-8-13-9-16(4)5-6-17-13/h7,11,13,15H,5-6,8-9H2,1-4H3. The molecule has 0 aromatic carbocycles. The maximum atomic E-state index is 5.77. The van der Waals surface area contributed by atoms with E-state index in [1.165, 1.54) is 15.3 Å². The van der Waals surface area contributed by atoms with Crippen LogP contribution >= 0.6 is 11.3 Å². The second-order valence-corrected chi connectivity index (χ2v) is 6.71. The molecule has 0 bridgehead atoms. The Morgan fingerprint density at radius 3 is 2.94 bits per heavy atom. The van der Waals surface area contributed by atoms with Crippen molar-refractivity contribution in [3.8, 4) is 0 Å². The first-order valence-electron chi connectivity index (χ1n) is 6.66. The van der Waals surface area contributed by atoms with E-state index in [-0.39, 0.29) is 0 Å².